The fraction of sp³-hybridized carbons (Fsp3) is 0.500. The van der Waals surface area contributed by atoms with Crippen LogP contribution in [0.4, 0.5) is 0 Å². The molecular formula is C16H24ClN3O2. The molecule has 0 unspecified atom stereocenters. The minimum Gasteiger partial charge on any atom is -0.352 e. The molecule has 0 spiro atoms. The Hall–Kier alpha value is -1.43. The summed E-state index contributed by atoms with van der Waals surface area (Å²) in [5, 5.41) is 6.24. The number of carbonyl (C=O) groups excluding carboxylic acids is 2. The molecule has 0 bridgehead atoms. The molecule has 0 radical (unpaired) electrons. The zero-order valence-electron chi connectivity index (χ0n) is 12.9. The van der Waals surface area contributed by atoms with E-state index in [1.54, 1.807) is 24.3 Å². The van der Waals surface area contributed by atoms with E-state index in [-0.39, 0.29) is 24.1 Å². The molecule has 122 valence electrons. The van der Waals surface area contributed by atoms with Crippen LogP contribution in [0.2, 0.25) is 0 Å². The van der Waals surface area contributed by atoms with Crippen molar-refractivity contribution in [3.63, 3.8) is 0 Å². The summed E-state index contributed by atoms with van der Waals surface area (Å²) in [4.78, 5) is 25.5. The monoisotopic (exact) mass is 325 g/mol. The first-order valence-electron chi connectivity index (χ1n) is 7.49. The van der Waals surface area contributed by atoms with Crippen molar-refractivity contribution >= 4 is 24.1 Å². The van der Waals surface area contributed by atoms with Crippen molar-refractivity contribution in [1.82, 2.24) is 15.5 Å². The number of benzene rings is 1. The lowest BCUT2D eigenvalue weighted by atomic mass is 10.1. The quantitative estimate of drug-likeness (QED) is 0.612. The Morgan fingerprint density at radius 3 is 2.32 bits per heavy atom. The molecule has 0 atom stereocenters. The van der Waals surface area contributed by atoms with Crippen molar-refractivity contribution in [1.29, 1.82) is 0 Å². The zero-order valence-corrected chi connectivity index (χ0v) is 13.7. The number of rotatable bonds is 6. The van der Waals surface area contributed by atoms with E-state index in [9.17, 15) is 9.59 Å². The van der Waals surface area contributed by atoms with Gasteiger partial charge in [-0.15, -0.1) is 12.4 Å². The number of halogens is 1. The highest BCUT2D eigenvalue weighted by Gasteiger charge is 2.09. The van der Waals surface area contributed by atoms with Crippen molar-refractivity contribution in [3.8, 4) is 0 Å². The van der Waals surface area contributed by atoms with Crippen molar-refractivity contribution in [2.75, 3.05) is 39.3 Å². The summed E-state index contributed by atoms with van der Waals surface area (Å²) < 4.78 is 0. The number of amides is 1. The Kier molecular flexibility index (Phi) is 8.09. The van der Waals surface area contributed by atoms with E-state index < -0.39 is 0 Å². The summed E-state index contributed by atoms with van der Waals surface area (Å²) in [7, 11) is 0. The Labute approximate surface area is 137 Å². The summed E-state index contributed by atoms with van der Waals surface area (Å²) in [5.74, 6) is -0.0663. The third-order valence-electron chi connectivity index (χ3n) is 3.70. The SMILES string of the molecule is CC(=O)c1ccc(C(=O)NCCCN2CCNCC2)cc1.Cl. The van der Waals surface area contributed by atoms with Crippen LogP contribution in [0, 0.1) is 0 Å². The van der Waals surface area contributed by atoms with E-state index in [1.807, 2.05) is 0 Å². The molecule has 22 heavy (non-hydrogen) atoms. The van der Waals surface area contributed by atoms with Gasteiger partial charge in [0.2, 0.25) is 0 Å². The van der Waals surface area contributed by atoms with Gasteiger partial charge < -0.3 is 15.5 Å². The average Bonchev–Trinajstić information content (AvgIpc) is 2.52. The second-order valence-corrected chi connectivity index (χ2v) is 5.33. The molecule has 2 N–H and O–H groups in total. The van der Waals surface area contributed by atoms with Gasteiger partial charge in [-0.25, -0.2) is 0 Å². The maximum Gasteiger partial charge on any atom is 0.251 e. The second kappa shape index (κ2) is 9.56. The van der Waals surface area contributed by atoms with E-state index in [4.69, 9.17) is 0 Å². The van der Waals surface area contributed by atoms with Gasteiger partial charge in [-0.3, -0.25) is 9.59 Å². The molecule has 1 aliphatic heterocycles. The molecule has 5 nitrogen and oxygen atoms in total. The molecule has 0 aliphatic carbocycles. The summed E-state index contributed by atoms with van der Waals surface area (Å²) in [6, 6.07) is 6.78. The molecule has 0 saturated carbocycles. The minimum absolute atomic E-state index is 0. The number of nitrogens with zero attached hydrogens (tertiary/aromatic N) is 1. The molecule has 1 aliphatic rings. The van der Waals surface area contributed by atoms with E-state index in [1.165, 1.54) is 6.92 Å². The minimum atomic E-state index is -0.0783. The van der Waals surface area contributed by atoms with Gasteiger partial charge in [0, 0.05) is 43.9 Å². The standard InChI is InChI=1S/C16H23N3O2.ClH/c1-13(20)14-3-5-15(6-4-14)16(21)18-7-2-10-19-11-8-17-9-12-19;/h3-6,17H,2,7-12H2,1H3,(H,18,21);1H. The first-order valence-corrected chi connectivity index (χ1v) is 7.49. The maximum atomic E-state index is 12.0. The Morgan fingerprint density at radius 1 is 1.14 bits per heavy atom. The van der Waals surface area contributed by atoms with Crippen molar-refractivity contribution in [3.05, 3.63) is 35.4 Å². The molecule has 1 aromatic rings. The van der Waals surface area contributed by atoms with Gasteiger partial charge in [-0.05, 0) is 32.0 Å². The normalized spacial score (nSPS) is 15.0. The van der Waals surface area contributed by atoms with Crippen LogP contribution in [0.1, 0.15) is 34.1 Å². The Bertz CT molecular complexity index is 485. The Morgan fingerprint density at radius 2 is 1.73 bits per heavy atom. The van der Waals surface area contributed by atoms with Gasteiger partial charge in [0.15, 0.2) is 5.78 Å². The summed E-state index contributed by atoms with van der Waals surface area (Å²) in [6.45, 7) is 7.48. The summed E-state index contributed by atoms with van der Waals surface area (Å²) in [6.07, 6.45) is 0.956. The average molecular weight is 326 g/mol. The van der Waals surface area contributed by atoms with Crippen LogP contribution in [0.3, 0.4) is 0 Å². The highest BCUT2D eigenvalue weighted by atomic mass is 35.5. The zero-order chi connectivity index (χ0) is 15.1. The first-order chi connectivity index (χ1) is 10.2. The lowest BCUT2D eigenvalue weighted by molar-refractivity contribution is 0.0949. The van der Waals surface area contributed by atoms with E-state index in [0.717, 1.165) is 39.1 Å². The highest BCUT2D eigenvalue weighted by molar-refractivity contribution is 5.97. The number of hydrogen-bond donors (Lipinski definition) is 2. The fourth-order valence-corrected chi connectivity index (χ4v) is 2.40. The summed E-state index contributed by atoms with van der Waals surface area (Å²) >= 11 is 0. The van der Waals surface area contributed by atoms with E-state index in [0.29, 0.717) is 17.7 Å². The van der Waals surface area contributed by atoms with Crippen LogP contribution < -0.4 is 10.6 Å². The number of carbonyl (C=O) groups is 2. The fourth-order valence-electron chi connectivity index (χ4n) is 2.40. The van der Waals surface area contributed by atoms with Crippen LogP contribution in [0.25, 0.3) is 0 Å². The topological polar surface area (TPSA) is 61.4 Å². The van der Waals surface area contributed by atoms with Gasteiger partial charge >= 0.3 is 0 Å². The van der Waals surface area contributed by atoms with Gasteiger partial charge in [-0.2, -0.15) is 0 Å². The predicted octanol–water partition coefficient (Wildman–Crippen LogP) is 1.34. The first kappa shape index (κ1) is 18.6. The van der Waals surface area contributed by atoms with Crippen molar-refractivity contribution in [2.24, 2.45) is 0 Å². The van der Waals surface area contributed by atoms with Gasteiger partial charge in [0.1, 0.15) is 0 Å². The van der Waals surface area contributed by atoms with Crippen LogP contribution in [-0.2, 0) is 0 Å². The van der Waals surface area contributed by atoms with Crippen LogP contribution in [-0.4, -0.2) is 55.9 Å². The molecule has 2 rings (SSSR count). The largest absolute Gasteiger partial charge is 0.352 e. The molecule has 1 aromatic carbocycles. The number of ketones is 1. The molecule has 6 heteroatoms. The highest BCUT2D eigenvalue weighted by Crippen LogP contribution is 2.05. The number of hydrogen-bond acceptors (Lipinski definition) is 4. The number of piperazine rings is 1. The van der Waals surface area contributed by atoms with Gasteiger partial charge in [0.05, 0.1) is 0 Å². The molecule has 1 fully saturated rings. The molecule has 1 amide bonds. The van der Waals surface area contributed by atoms with Crippen molar-refractivity contribution < 1.29 is 9.59 Å². The second-order valence-electron chi connectivity index (χ2n) is 5.33. The van der Waals surface area contributed by atoms with E-state index in [2.05, 4.69) is 15.5 Å². The predicted molar refractivity (Wildman–Crippen MR) is 90.0 cm³/mol. The molecular weight excluding hydrogens is 302 g/mol. The van der Waals surface area contributed by atoms with Crippen LogP contribution >= 0.6 is 12.4 Å². The third-order valence-corrected chi connectivity index (χ3v) is 3.70. The molecule has 0 aromatic heterocycles. The lowest BCUT2D eigenvalue weighted by Gasteiger charge is -2.27. The summed E-state index contributed by atoms with van der Waals surface area (Å²) in [5.41, 5.74) is 1.23. The smallest absolute Gasteiger partial charge is 0.251 e. The Balaban J connectivity index is 0.00000242. The maximum absolute atomic E-state index is 12.0. The number of Topliss-reactive ketones (excluding diaryl/α,β-unsaturated/α-hetero) is 1. The van der Waals surface area contributed by atoms with Gasteiger partial charge in [0.25, 0.3) is 5.91 Å². The number of nitrogens with one attached hydrogen (secondary N) is 2. The van der Waals surface area contributed by atoms with E-state index >= 15 is 0 Å². The molecule has 1 saturated heterocycles. The van der Waals surface area contributed by atoms with Gasteiger partial charge in [-0.1, -0.05) is 12.1 Å². The third kappa shape index (κ3) is 5.75. The molecule has 1 heterocycles. The lowest BCUT2D eigenvalue weighted by Crippen LogP contribution is -2.44. The van der Waals surface area contributed by atoms with Crippen molar-refractivity contribution in [2.45, 2.75) is 13.3 Å². The van der Waals surface area contributed by atoms with Crippen LogP contribution in [0.15, 0.2) is 24.3 Å². The van der Waals surface area contributed by atoms with Crippen LogP contribution in [0.5, 0.6) is 0 Å².